The van der Waals surface area contributed by atoms with Gasteiger partial charge in [-0.3, -0.25) is 4.79 Å². The molecule has 3 atom stereocenters. The Hall–Kier alpha value is -1.82. The van der Waals surface area contributed by atoms with E-state index in [2.05, 4.69) is 58.2 Å². The Morgan fingerprint density at radius 3 is 2.68 bits per heavy atom. The normalized spacial score (nSPS) is 24.9. The van der Waals surface area contributed by atoms with Crippen molar-refractivity contribution in [2.45, 2.75) is 69.6 Å². The molecule has 0 aliphatic heterocycles. The van der Waals surface area contributed by atoms with Gasteiger partial charge >= 0.3 is 0 Å². The number of thioether (sulfide) groups is 1. The number of nitrogens with one attached hydrogen (secondary N) is 1. The summed E-state index contributed by atoms with van der Waals surface area (Å²) in [6.45, 7) is 5.32. The highest BCUT2D eigenvalue weighted by Crippen LogP contribution is 2.40. The average Bonchev–Trinajstić information content (AvgIpc) is 3.47. The molecule has 2 fully saturated rings. The first kappa shape index (κ1) is 19.5. The van der Waals surface area contributed by atoms with Crippen LogP contribution in [0.4, 0.5) is 0 Å². The highest BCUT2D eigenvalue weighted by Gasteiger charge is 2.31. The van der Waals surface area contributed by atoms with E-state index < -0.39 is 0 Å². The summed E-state index contributed by atoms with van der Waals surface area (Å²) in [7, 11) is 0. The summed E-state index contributed by atoms with van der Waals surface area (Å²) in [5.41, 5.74) is 1.24. The number of aromatic nitrogens is 3. The Kier molecular flexibility index (Phi) is 6.04. The second kappa shape index (κ2) is 8.68. The van der Waals surface area contributed by atoms with Crippen molar-refractivity contribution in [3.63, 3.8) is 0 Å². The minimum Gasteiger partial charge on any atom is -0.352 e. The fourth-order valence-corrected chi connectivity index (χ4v) is 4.89. The van der Waals surface area contributed by atoms with Gasteiger partial charge in [0.05, 0.1) is 12.3 Å². The lowest BCUT2D eigenvalue weighted by Gasteiger charge is -2.34. The van der Waals surface area contributed by atoms with Gasteiger partial charge in [-0.1, -0.05) is 68.8 Å². The first-order valence-corrected chi connectivity index (χ1v) is 11.5. The van der Waals surface area contributed by atoms with Gasteiger partial charge in [0.2, 0.25) is 5.91 Å². The molecule has 0 bridgehead atoms. The van der Waals surface area contributed by atoms with Crippen LogP contribution in [-0.2, 0) is 11.3 Å². The van der Waals surface area contributed by atoms with Gasteiger partial charge < -0.3 is 9.88 Å². The molecule has 6 heteroatoms. The van der Waals surface area contributed by atoms with Crippen LogP contribution in [0, 0.1) is 11.8 Å². The maximum Gasteiger partial charge on any atom is 0.230 e. The lowest BCUT2D eigenvalue weighted by Crippen LogP contribution is -2.44. The van der Waals surface area contributed by atoms with E-state index in [0.29, 0.717) is 29.5 Å². The number of amides is 1. The van der Waals surface area contributed by atoms with Crippen molar-refractivity contribution in [2.75, 3.05) is 5.75 Å². The van der Waals surface area contributed by atoms with E-state index in [1.807, 2.05) is 6.07 Å². The summed E-state index contributed by atoms with van der Waals surface area (Å²) >= 11 is 1.51. The number of carbonyl (C=O) groups is 1. The maximum absolute atomic E-state index is 12.6. The molecule has 0 radical (unpaired) electrons. The number of nitrogens with zero attached hydrogens (tertiary/aromatic N) is 3. The third kappa shape index (κ3) is 4.59. The minimum atomic E-state index is 0.109. The van der Waals surface area contributed by atoms with Crippen LogP contribution in [0.3, 0.4) is 0 Å². The standard InChI is InChI=1S/C22H30N4OS/c1-15-7-6-10-19(16(15)2)23-20(27)14-28-22-25-24-21(18-11-12-18)26(22)13-17-8-4-3-5-9-17/h3-5,8-9,15-16,18-19H,6-7,10-14H2,1-2H3,(H,23,27)/t15-,16-,19-/m1/s1. The van der Waals surface area contributed by atoms with Crippen LogP contribution in [0.5, 0.6) is 0 Å². The molecule has 2 saturated carbocycles. The van der Waals surface area contributed by atoms with Gasteiger partial charge in [0.15, 0.2) is 5.16 Å². The molecule has 4 rings (SSSR count). The number of rotatable bonds is 7. The van der Waals surface area contributed by atoms with Crippen LogP contribution in [0.15, 0.2) is 35.5 Å². The summed E-state index contributed by atoms with van der Waals surface area (Å²) in [6.07, 6.45) is 5.96. The van der Waals surface area contributed by atoms with E-state index >= 15 is 0 Å². The fourth-order valence-electron chi connectivity index (χ4n) is 4.13. The third-order valence-electron chi connectivity index (χ3n) is 6.26. The van der Waals surface area contributed by atoms with E-state index in [1.54, 1.807) is 0 Å². The molecule has 2 aliphatic carbocycles. The van der Waals surface area contributed by atoms with E-state index in [9.17, 15) is 4.79 Å². The number of benzene rings is 1. The van der Waals surface area contributed by atoms with Crippen molar-refractivity contribution in [1.82, 2.24) is 20.1 Å². The molecule has 0 unspecified atom stereocenters. The Morgan fingerprint density at radius 2 is 1.93 bits per heavy atom. The monoisotopic (exact) mass is 398 g/mol. The highest BCUT2D eigenvalue weighted by molar-refractivity contribution is 7.99. The molecular weight excluding hydrogens is 368 g/mol. The van der Waals surface area contributed by atoms with Crippen LogP contribution in [0.2, 0.25) is 0 Å². The Labute approximate surface area is 171 Å². The van der Waals surface area contributed by atoms with Gasteiger partial charge in [0, 0.05) is 12.0 Å². The van der Waals surface area contributed by atoms with Crippen LogP contribution < -0.4 is 5.32 Å². The largest absolute Gasteiger partial charge is 0.352 e. The lowest BCUT2D eigenvalue weighted by atomic mass is 9.78. The molecule has 150 valence electrons. The van der Waals surface area contributed by atoms with E-state index in [-0.39, 0.29) is 5.91 Å². The summed E-state index contributed by atoms with van der Waals surface area (Å²) in [4.78, 5) is 12.6. The van der Waals surface area contributed by atoms with E-state index in [0.717, 1.165) is 23.9 Å². The molecule has 1 heterocycles. The summed E-state index contributed by atoms with van der Waals surface area (Å²) in [6, 6.07) is 10.7. The smallest absolute Gasteiger partial charge is 0.230 e. The summed E-state index contributed by atoms with van der Waals surface area (Å²) < 4.78 is 2.20. The Morgan fingerprint density at radius 1 is 1.14 bits per heavy atom. The molecular formula is C22H30N4OS. The predicted molar refractivity (Wildman–Crippen MR) is 112 cm³/mol. The SMILES string of the molecule is C[C@@H]1[C@H](C)CCC[C@H]1NC(=O)CSc1nnc(C2CC2)n1Cc1ccccc1. The average molecular weight is 399 g/mol. The van der Waals surface area contributed by atoms with Crippen LogP contribution in [0.25, 0.3) is 0 Å². The van der Waals surface area contributed by atoms with E-state index in [4.69, 9.17) is 0 Å². The zero-order chi connectivity index (χ0) is 19.5. The van der Waals surface area contributed by atoms with Crippen molar-refractivity contribution in [1.29, 1.82) is 0 Å². The molecule has 5 nitrogen and oxygen atoms in total. The number of hydrogen-bond acceptors (Lipinski definition) is 4. The molecule has 1 aromatic carbocycles. The van der Waals surface area contributed by atoms with Gasteiger partial charge in [-0.2, -0.15) is 0 Å². The lowest BCUT2D eigenvalue weighted by molar-refractivity contribution is -0.120. The zero-order valence-electron chi connectivity index (χ0n) is 16.8. The summed E-state index contributed by atoms with van der Waals surface area (Å²) in [5, 5.41) is 13.0. The van der Waals surface area contributed by atoms with Gasteiger partial charge in [-0.05, 0) is 36.7 Å². The van der Waals surface area contributed by atoms with Crippen molar-refractivity contribution in [3.8, 4) is 0 Å². The van der Waals surface area contributed by atoms with Crippen molar-refractivity contribution >= 4 is 17.7 Å². The first-order chi connectivity index (χ1) is 13.6. The van der Waals surface area contributed by atoms with Crippen molar-refractivity contribution < 1.29 is 4.79 Å². The van der Waals surface area contributed by atoms with Gasteiger partial charge in [-0.15, -0.1) is 10.2 Å². The first-order valence-electron chi connectivity index (χ1n) is 10.5. The topological polar surface area (TPSA) is 59.8 Å². The predicted octanol–water partition coefficient (Wildman–Crippen LogP) is 4.24. The van der Waals surface area contributed by atoms with Gasteiger partial charge in [0.1, 0.15) is 5.82 Å². The summed E-state index contributed by atoms with van der Waals surface area (Å²) in [5.74, 6) is 3.34. The maximum atomic E-state index is 12.6. The van der Waals surface area contributed by atoms with Crippen molar-refractivity contribution in [2.24, 2.45) is 11.8 Å². The zero-order valence-corrected chi connectivity index (χ0v) is 17.6. The molecule has 0 saturated heterocycles. The van der Waals surface area contributed by atoms with Gasteiger partial charge in [-0.25, -0.2) is 0 Å². The molecule has 2 aromatic rings. The second-order valence-electron chi connectivity index (χ2n) is 8.42. The Balaban J connectivity index is 1.39. The molecule has 0 spiro atoms. The van der Waals surface area contributed by atoms with Crippen molar-refractivity contribution in [3.05, 3.63) is 41.7 Å². The van der Waals surface area contributed by atoms with Gasteiger partial charge in [0.25, 0.3) is 0 Å². The fraction of sp³-hybridized carbons (Fsp3) is 0.591. The molecule has 28 heavy (non-hydrogen) atoms. The van der Waals surface area contributed by atoms with E-state index in [1.165, 1.54) is 43.0 Å². The Bertz CT molecular complexity index is 802. The number of carbonyl (C=O) groups excluding carboxylic acids is 1. The molecule has 1 amide bonds. The van der Waals surface area contributed by atoms with Crippen LogP contribution in [-0.4, -0.2) is 32.5 Å². The third-order valence-corrected chi connectivity index (χ3v) is 7.22. The highest BCUT2D eigenvalue weighted by atomic mass is 32.2. The molecule has 1 N–H and O–H groups in total. The van der Waals surface area contributed by atoms with Crippen LogP contribution >= 0.6 is 11.8 Å². The van der Waals surface area contributed by atoms with Crippen LogP contribution in [0.1, 0.15) is 63.3 Å². The second-order valence-corrected chi connectivity index (χ2v) is 9.36. The minimum absolute atomic E-state index is 0.109. The number of hydrogen-bond donors (Lipinski definition) is 1. The molecule has 1 aromatic heterocycles. The quantitative estimate of drug-likeness (QED) is 0.709. The molecule has 2 aliphatic rings.